The topological polar surface area (TPSA) is 39.3 Å². The summed E-state index contributed by atoms with van der Waals surface area (Å²) in [6, 6.07) is 14.6. The van der Waals surface area contributed by atoms with Crippen LogP contribution in [0.1, 0.15) is 27.9 Å². The van der Waals surface area contributed by atoms with E-state index in [0.717, 1.165) is 16.7 Å². The van der Waals surface area contributed by atoms with Crippen LogP contribution in [0.15, 0.2) is 47.3 Å². The third-order valence-electron chi connectivity index (χ3n) is 4.81. The maximum absolute atomic E-state index is 12.8. The smallest absolute Gasteiger partial charge is 0.262 e. The molecule has 0 unspecified atom stereocenters. The fourth-order valence-electron chi connectivity index (χ4n) is 3.58. The number of aromatic nitrogens is 3. The van der Waals surface area contributed by atoms with Crippen LogP contribution in [0.4, 0.5) is 0 Å². The predicted molar refractivity (Wildman–Crippen MR) is 101 cm³/mol. The predicted octanol–water partition coefficient (Wildman–Crippen LogP) is 3.93. The first kappa shape index (κ1) is 15.6. The van der Waals surface area contributed by atoms with Crippen molar-refractivity contribution in [2.45, 2.75) is 34.2 Å². The fraction of sp³-hybridized carbons (Fsp3) is 0.238. The Hall–Kier alpha value is -2.88. The van der Waals surface area contributed by atoms with Gasteiger partial charge in [-0.25, -0.2) is 9.38 Å². The van der Waals surface area contributed by atoms with Gasteiger partial charge in [0.2, 0.25) is 5.78 Å². The molecule has 0 aliphatic heterocycles. The minimum absolute atomic E-state index is 0.0119. The first-order valence-corrected chi connectivity index (χ1v) is 8.50. The normalized spacial score (nSPS) is 11.5. The summed E-state index contributed by atoms with van der Waals surface area (Å²) in [7, 11) is 0. The monoisotopic (exact) mass is 331 g/mol. The maximum Gasteiger partial charge on any atom is 0.262 e. The zero-order valence-electron chi connectivity index (χ0n) is 15.0. The maximum atomic E-state index is 12.8. The third-order valence-corrected chi connectivity index (χ3v) is 4.81. The van der Waals surface area contributed by atoms with E-state index in [-0.39, 0.29) is 5.56 Å². The van der Waals surface area contributed by atoms with Gasteiger partial charge in [-0.2, -0.15) is 0 Å². The molecule has 2 aromatic carbocycles. The van der Waals surface area contributed by atoms with Crippen molar-refractivity contribution in [1.29, 1.82) is 0 Å². The van der Waals surface area contributed by atoms with E-state index in [1.165, 1.54) is 16.7 Å². The minimum atomic E-state index is 0.0119. The lowest BCUT2D eigenvalue weighted by Crippen LogP contribution is -2.19. The van der Waals surface area contributed by atoms with Crippen molar-refractivity contribution in [3.63, 3.8) is 0 Å². The molecule has 2 heterocycles. The number of hydrogen-bond donors (Lipinski definition) is 0. The molecule has 4 nitrogen and oxygen atoms in total. The van der Waals surface area contributed by atoms with Crippen molar-refractivity contribution in [2.75, 3.05) is 0 Å². The average molecular weight is 331 g/mol. The molecule has 4 aromatic rings. The summed E-state index contributed by atoms with van der Waals surface area (Å²) < 4.78 is 3.87. The van der Waals surface area contributed by atoms with Crippen molar-refractivity contribution in [2.24, 2.45) is 0 Å². The second-order valence-corrected chi connectivity index (χ2v) is 6.83. The van der Waals surface area contributed by atoms with E-state index in [0.29, 0.717) is 17.9 Å². The molecule has 126 valence electrons. The summed E-state index contributed by atoms with van der Waals surface area (Å²) in [5, 5.41) is 0. The lowest BCUT2D eigenvalue weighted by atomic mass is 10.1. The lowest BCUT2D eigenvalue weighted by molar-refractivity contribution is 0.823. The second-order valence-electron chi connectivity index (χ2n) is 6.83. The van der Waals surface area contributed by atoms with Gasteiger partial charge in [-0.15, -0.1) is 0 Å². The second kappa shape index (κ2) is 5.59. The number of imidazole rings is 1. The van der Waals surface area contributed by atoms with Gasteiger partial charge in [0.05, 0.1) is 17.6 Å². The van der Waals surface area contributed by atoms with Crippen LogP contribution in [0.3, 0.4) is 0 Å². The van der Waals surface area contributed by atoms with Crippen LogP contribution in [0, 0.1) is 27.7 Å². The number of fused-ring (bicyclic) bond motifs is 3. The zero-order chi connectivity index (χ0) is 17.7. The molecule has 0 aliphatic carbocycles. The van der Waals surface area contributed by atoms with E-state index >= 15 is 0 Å². The highest BCUT2D eigenvalue weighted by Gasteiger charge is 2.16. The number of aryl methyl sites for hydroxylation is 3. The molecule has 2 aromatic heterocycles. The highest BCUT2D eigenvalue weighted by atomic mass is 16.1. The summed E-state index contributed by atoms with van der Waals surface area (Å²) in [5.74, 6) is 0.702. The highest BCUT2D eigenvalue weighted by molar-refractivity contribution is 5.81. The molecule has 0 saturated carbocycles. The Morgan fingerprint density at radius 2 is 1.56 bits per heavy atom. The number of para-hydroxylation sites is 2. The van der Waals surface area contributed by atoms with Gasteiger partial charge in [-0.05, 0) is 45.4 Å². The Balaban J connectivity index is 2.06. The van der Waals surface area contributed by atoms with Crippen molar-refractivity contribution in [1.82, 2.24) is 14.0 Å². The lowest BCUT2D eigenvalue weighted by Gasteiger charge is -2.09. The molecule has 0 bridgehead atoms. The zero-order valence-corrected chi connectivity index (χ0v) is 15.0. The van der Waals surface area contributed by atoms with Gasteiger partial charge in [0, 0.05) is 11.3 Å². The molecule has 0 radical (unpaired) electrons. The van der Waals surface area contributed by atoms with E-state index < -0.39 is 0 Å². The molecule has 25 heavy (non-hydrogen) atoms. The van der Waals surface area contributed by atoms with Gasteiger partial charge in [0.15, 0.2) is 0 Å². The Labute approximate surface area is 146 Å². The van der Waals surface area contributed by atoms with Crippen molar-refractivity contribution < 1.29 is 0 Å². The minimum Gasteiger partial charge on any atom is -0.305 e. The Morgan fingerprint density at radius 1 is 0.920 bits per heavy atom. The summed E-state index contributed by atoms with van der Waals surface area (Å²) in [6.45, 7) is 8.65. The van der Waals surface area contributed by atoms with E-state index in [9.17, 15) is 4.79 Å². The molecule has 4 heteroatoms. The van der Waals surface area contributed by atoms with E-state index in [1.54, 1.807) is 4.40 Å². The largest absolute Gasteiger partial charge is 0.305 e. The summed E-state index contributed by atoms with van der Waals surface area (Å²) in [4.78, 5) is 17.6. The number of hydrogen-bond acceptors (Lipinski definition) is 2. The van der Waals surface area contributed by atoms with Gasteiger partial charge in [0.1, 0.15) is 0 Å². The summed E-state index contributed by atoms with van der Waals surface area (Å²) in [6.07, 6.45) is 0. The molecular formula is C21H21N3O. The van der Waals surface area contributed by atoms with Crippen LogP contribution < -0.4 is 5.56 Å². The van der Waals surface area contributed by atoms with Crippen LogP contribution in [0.2, 0.25) is 0 Å². The molecule has 0 saturated heterocycles. The Morgan fingerprint density at radius 3 is 2.24 bits per heavy atom. The highest BCUT2D eigenvalue weighted by Crippen LogP contribution is 2.21. The molecule has 0 atom stereocenters. The summed E-state index contributed by atoms with van der Waals surface area (Å²) in [5.41, 5.74) is 7.13. The fourth-order valence-corrected chi connectivity index (χ4v) is 3.58. The molecule has 4 rings (SSSR count). The summed E-state index contributed by atoms with van der Waals surface area (Å²) >= 11 is 0. The van der Waals surface area contributed by atoms with Crippen molar-refractivity contribution in [3.8, 4) is 0 Å². The average Bonchev–Trinajstić information content (AvgIpc) is 2.86. The van der Waals surface area contributed by atoms with Crippen LogP contribution >= 0.6 is 0 Å². The molecule has 0 aliphatic rings. The SMILES string of the molecule is Cc1cc(C)cc(Cn2c3ccccc3n3c(=O)c(C)c(C)nc23)c1. The molecule has 0 spiro atoms. The van der Waals surface area contributed by atoms with Crippen molar-refractivity contribution >= 4 is 16.8 Å². The standard InChI is InChI=1S/C21H21N3O/c1-13-9-14(2)11-17(10-13)12-23-18-7-5-6-8-19(18)24-20(25)15(3)16(4)22-21(23)24/h5-11H,12H2,1-4H3. The molecular weight excluding hydrogens is 310 g/mol. The first-order chi connectivity index (χ1) is 12.0. The number of benzene rings is 2. The quantitative estimate of drug-likeness (QED) is 0.558. The first-order valence-electron chi connectivity index (χ1n) is 8.50. The number of rotatable bonds is 2. The van der Waals surface area contributed by atoms with Gasteiger partial charge < -0.3 is 4.57 Å². The van der Waals surface area contributed by atoms with Gasteiger partial charge in [0.25, 0.3) is 5.56 Å². The van der Waals surface area contributed by atoms with E-state index in [1.807, 2.05) is 32.0 Å². The molecule has 0 fully saturated rings. The van der Waals surface area contributed by atoms with Crippen LogP contribution in [-0.2, 0) is 6.54 Å². The van der Waals surface area contributed by atoms with Crippen molar-refractivity contribution in [3.05, 3.63) is 80.8 Å². The Bertz CT molecular complexity index is 1160. The van der Waals surface area contributed by atoms with Crippen LogP contribution in [0.5, 0.6) is 0 Å². The van der Waals surface area contributed by atoms with Gasteiger partial charge >= 0.3 is 0 Å². The molecule has 0 N–H and O–H groups in total. The van der Waals surface area contributed by atoms with Gasteiger partial charge in [-0.1, -0.05) is 41.5 Å². The van der Waals surface area contributed by atoms with E-state index in [2.05, 4.69) is 42.7 Å². The third kappa shape index (κ3) is 2.45. The van der Waals surface area contributed by atoms with Gasteiger partial charge in [-0.3, -0.25) is 4.79 Å². The Kier molecular flexibility index (Phi) is 3.49. The van der Waals surface area contributed by atoms with Crippen LogP contribution in [-0.4, -0.2) is 14.0 Å². The number of nitrogens with zero attached hydrogens (tertiary/aromatic N) is 3. The van der Waals surface area contributed by atoms with Crippen LogP contribution in [0.25, 0.3) is 16.8 Å². The molecule has 0 amide bonds. The van der Waals surface area contributed by atoms with E-state index in [4.69, 9.17) is 4.98 Å².